The van der Waals surface area contributed by atoms with Crippen molar-refractivity contribution in [3.05, 3.63) is 48.1 Å². The lowest BCUT2D eigenvalue weighted by atomic mass is 10.1. The van der Waals surface area contributed by atoms with Gasteiger partial charge in [-0.15, -0.1) is 0 Å². The van der Waals surface area contributed by atoms with Gasteiger partial charge in [-0.1, -0.05) is 95.4 Å². The third kappa shape index (κ3) is 16.8. The molecule has 0 radical (unpaired) electrons. The van der Waals surface area contributed by atoms with E-state index in [4.69, 9.17) is 9.47 Å². The molecule has 196 valence electrons. The molecule has 0 spiro atoms. The Labute approximate surface area is 212 Å². The molecular weight excluding hydrogens is 440 g/mol. The molecule has 0 aliphatic heterocycles. The maximum Gasteiger partial charge on any atom is 0.342 e. The lowest BCUT2D eigenvalue weighted by Gasteiger charge is -2.08. The predicted octanol–water partition coefficient (Wildman–Crippen LogP) is 7.57. The van der Waals surface area contributed by atoms with Crippen LogP contribution in [-0.2, 0) is 14.3 Å². The molecule has 1 rings (SSSR count). The molecule has 0 amide bonds. The highest BCUT2D eigenvalue weighted by atomic mass is 16.6. The predicted molar refractivity (Wildman–Crippen MR) is 143 cm³/mol. The first kappa shape index (κ1) is 30.6. The van der Waals surface area contributed by atoms with Crippen LogP contribution >= 0.6 is 0 Å². The van der Waals surface area contributed by atoms with Crippen molar-refractivity contribution in [1.82, 2.24) is 0 Å². The van der Waals surface area contributed by atoms with Crippen molar-refractivity contribution in [2.45, 2.75) is 109 Å². The van der Waals surface area contributed by atoms with Crippen molar-refractivity contribution in [2.24, 2.45) is 0 Å². The van der Waals surface area contributed by atoms with Gasteiger partial charge < -0.3 is 14.6 Å². The van der Waals surface area contributed by atoms with Gasteiger partial charge in [0, 0.05) is 6.08 Å². The van der Waals surface area contributed by atoms with Crippen LogP contribution in [-0.4, -0.2) is 30.3 Å². The van der Waals surface area contributed by atoms with Crippen LogP contribution < -0.4 is 4.74 Å². The second-order valence-corrected chi connectivity index (χ2v) is 9.09. The van der Waals surface area contributed by atoms with E-state index in [2.05, 4.69) is 19.1 Å². The molecule has 1 N–H and O–H groups in total. The van der Waals surface area contributed by atoms with E-state index in [1.165, 1.54) is 70.3 Å². The smallest absolute Gasteiger partial charge is 0.342 e. The Bertz CT molecular complexity index is 736. The molecule has 0 saturated carbocycles. The number of esters is 2. The van der Waals surface area contributed by atoms with Crippen molar-refractivity contribution in [3.63, 3.8) is 0 Å². The second kappa shape index (κ2) is 20.9. The Hall–Kier alpha value is -2.40. The van der Waals surface area contributed by atoms with Gasteiger partial charge in [-0.05, 0) is 55.9 Å². The van der Waals surface area contributed by atoms with E-state index >= 15 is 0 Å². The zero-order valence-corrected chi connectivity index (χ0v) is 21.9. The van der Waals surface area contributed by atoms with E-state index in [1.54, 1.807) is 37.5 Å². The SMILES string of the molecule is CCCCCCCC/C=C\CCCCCCCCC(O)C(=O)OC(=O)C=Cc1ccc(OC)cc1. The molecule has 0 saturated heterocycles. The number of carbonyl (C=O) groups is 2. The quantitative estimate of drug-likeness (QED) is 0.0676. The minimum absolute atomic E-state index is 0.315. The van der Waals surface area contributed by atoms with E-state index in [1.807, 2.05) is 0 Å². The summed E-state index contributed by atoms with van der Waals surface area (Å²) < 4.78 is 9.79. The molecule has 5 nitrogen and oxygen atoms in total. The minimum atomic E-state index is -1.26. The topological polar surface area (TPSA) is 72.8 Å². The van der Waals surface area contributed by atoms with Gasteiger partial charge in [0.2, 0.25) is 0 Å². The number of methoxy groups -OCH3 is 1. The summed E-state index contributed by atoms with van der Waals surface area (Å²) in [6.07, 6.45) is 23.3. The number of unbranched alkanes of at least 4 members (excludes halogenated alkanes) is 12. The summed E-state index contributed by atoms with van der Waals surface area (Å²) in [5, 5.41) is 9.95. The first-order valence-electron chi connectivity index (χ1n) is 13.5. The molecule has 0 aliphatic carbocycles. The molecule has 1 atom stereocenters. The number of aliphatic hydroxyl groups is 1. The van der Waals surface area contributed by atoms with Crippen molar-refractivity contribution >= 4 is 18.0 Å². The van der Waals surface area contributed by atoms with Crippen LogP contribution in [0.25, 0.3) is 6.08 Å². The van der Waals surface area contributed by atoms with Gasteiger partial charge >= 0.3 is 11.9 Å². The number of hydrogen-bond acceptors (Lipinski definition) is 5. The summed E-state index contributed by atoms with van der Waals surface area (Å²) in [7, 11) is 1.58. The Morgan fingerprint density at radius 2 is 1.37 bits per heavy atom. The van der Waals surface area contributed by atoms with Gasteiger partial charge in [-0.2, -0.15) is 0 Å². The second-order valence-electron chi connectivity index (χ2n) is 9.09. The van der Waals surface area contributed by atoms with Gasteiger partial charge in [0.1, 0.15) is 5.75 Å². The molecule has 5 heteroatoms. The van der Waals surface area contributed by atoms with E-state index in [0.29, 0.717) is 12.2 Å². The minimum Gasteiger partial charge on any atom is -0.497 e. The third-order valence-electron chi connectivity index (χ3n) is 5.99. The Balaban J connectivity index is 2.00. The van der Waals surface area contributed by atoms with E-state index in [0.717, 1.165) is 31.2 Å². The van der Waals surface area contributed by atoms with Gasteiger partial charge in [-0.25, -0.2) is 9.59 Å². The van der Waals surface area contributed by atoms with Gasteiger partial charge in [0.05, 0.1) is 7.11 Å². The Morgan fingerprint density at radius 1 is 0.829 bits per heavy atom. The normalized spacial score (nSPS) is 12.3. The van der Waals surface area contributed by atoms with Crippen LogP contribution in [0.2, 0.25) is 0 Å². The average Bonchev–Trinajstić information content (AvgIpc) is 2.87. The molecular formula is C30H46O5. The number of aliphatic hydroxyl groups excluding tert-OH is 1. The molecule has 1 aromatic carbocycles. The molecule has 0 fully saturated rings. The summed E-state index contributed by atoms with van der Waals surface area (Å²) in [6.45, 7) is 2.25. The highest BCUT2D eigenvalue weighted by Crippen LogP contribution is 2.13. The first-order valence-corrected chi connectivity index (χ1v) is 13.5. The largest absolute Gasteiger partial charge is 0.497 e. The highest BCUT2D eigenvalue weighted by Gasteiger charge is 2.18. The number of benzene rings is 1. The van der Waals surface area contributed by atoms with E-state index < -0.39 is 18.0 Å². The summed E-state index contributed by atoms with van der Waals surface area (Å²) >= 11 is 0. The maximum absolute atomic E-state index is 11.9. The zero-order valence-electron chi connectivity index (χ0n) is 21.9. The lowest BCUT2D eigenvalue weighted by molar-refractivity contribution is -0.163. The molecule has 35 heavy (non-hydrogen) atoms. The Kier molecular flexibility index (Phi) is 18.3. The first-order chi connectivity index (χ1) is 17.1. The van der Waals surface area contributed by atoms with Crippen LogP contribution in [0, 0.1) is 0 Å². The van der Waals surface area contributed by atoms with Crippen LogP contribution in [0.15, 0.2) is 42.5 Å². The number of rotatable bonds is 20. The molecule has 0 aromatic heterocycles. The molecule has 0 bridgehead atoms. The molecule has 1 unspecified atom stereocenters. The lowest BCUT2D eigenvalue weighted by Crippen LogP contribution is -2.25. The van der Waals surface area contributed by atoms with Crippen molar-refractivity contribution in [2.75, 3.05) is 7.11 Å². The number of allylic oxidation sites excluding steroid dienone is 2. The number of carbonyl (C=O) groups excluding carboxylic acids is 2. The fourth-order valence-electron chi connectivity index (χ4n) is 3.78. The summed E-state index contributed by atoms with van der Waals surface area (Å²) in [4.78, 5) is 23.7. The zero-order chi connectivity index (χ0) is 25.6. The van der Waals surface area contributed by atoms with Crippen molar-refractivity contribution < 1.29 is 24.2 Å². The van der Waals surface area contributed by atoms with Gasteiger partial charge in [0.25, 0.3) is 0 Å². The fourth-order valence-corrected chi connectivity index (χ4v) is 3.78. The maximum atomic E-state index is 11.9. The van der Waals surface area contributed by atoms with E-state index in [-0.39, 0.29) is 0 Å². The van der Waals surface area contributed by atoms with Crippen LogP contribution in [0.5, 0.6) is 5.75 Å². The third-order valence-corrected chi connectivity index (χ3v) is 5.99. The summed E-state index contributed by atoms with van der Waals surface area (Å²) in [6, 6.07) is 7.12. The monoisotopic (exact) mass is 486 g/mol. The molecule has 1 aromatic rings. The molecule has 0 aliphatic rings. The average molecular weight is 487 g/mol. The van der Waals surface area contributed by atoms with Crippen LogP contribution in [0.1, 0.15) is 109 Å². The van der Waals surface area contributed by atoms with Gasteiger partial charge in [-0.3, -0.25) is 0 Å². The van der Waals surface area contributed by atoms with Crippen LogP contribution in [0.3, 0.4) is 0 Å². The van der Waals surface area contributed by atoms with Crippen LogP contribution in [0.4, 0.5) is 0 Å². The van der Waals surface area contributed by atoms with Gasteiger partial charge in [0.15, 0.2) is 6.10 Å². The number of hydrogen-bond donors (Lipinski definition) is 1. The van der Waals surface area contributed by atoms with Crippen molar-refractivity contribution in [1.29, 1.82) is 0 Å². The molecule has 0 heterocycles. The highest BCUT2D eigenvalue weighted by molar-refractivity contribution is 5.95. The number of ether oxygens (including phenoxy) is 2. The standard InChI is InChI=1S/C30H46O5/c1-3-4-5-6-7-8-9-10-11-12-13-14-15-16-17-18-19-28(31)30(33)35-29(32)25-22-26-20-23-27(34-2)24-21-26/h10-11,20-25,28,31H,3-9,12-19H2,1-2H3/b11-10-,25-22?. The van der Waals surface area contributed by atoms with Crippen molar-refractivity contribution in [3.8, 4) is 5.75 Å². The summed E-state index contributed by atoms with van der Waals surface area (Å²) in [5.41, 5.74) is 0.778. The fraction of sp³-hybridized carbons (Fsp3) is 0.600. The Morgan fingerprint density at radius 3 is 1.94 bits per heavy atom. The van der Waals surface area contributed by atoms with E-state index in [9.17, 15) is 14.7 Å². The summed E-state index contributed by atoms with van der Waals surface area (Å²) in [5.74, 6) is -0.956.